The van der Waals surface area contributed by atoms with Crippen LogP contribution in [-0.4, -0.2) is 11.1 Å². The van der Waals surface area contributed by atoms with E-state index >= 15 is 0 Å². The first-order chi connectivity index (χ1) is 8.72. The van der Waals surface area contributed by atoms with Gasteiger partial charge in [-0.1, -0.05) is 6.42 Å². The van der Waals surface area contributed by atoms with Crippen molar-refractivity contribution in [3.05, 3.63) is 21.9 Å². The van der Waals surface area contributed by atoms with E-state index in [0.29, 0.717) is 11.3 Å². The smallest absolute Gasteiger partial charge is 0.167 e. The van der Waals surface area contributed by atoms with Crippen LogP contribution >= 0.6 is 27.3 Å². The fourth-order valence-electron chi connectivity index (χ4n) is 2.35. The van der Waals surface area contributed by atoms with Gasteiger partial charge in [-0.25, -0.2) is 9.37 Å². The molecule has 0 N–H and O–H groups in total. The van der Waals surface area contributed by atoms with Crippen molar-refractivity contribution in [3.63, 3.8) is 0 Å². The Bertz CT molecular complexity index is 565. The molecule has 0 spiro atoms. The number of thiazole rings is 1. The highest BCUT2D eigenvalue weighted by molar-refractivity contribution is 9.11. The van der Waals surface area contributed by atoms with Gasteiger partial charge in [-0.2, -0.15) is 0 Å². The number of halogens is 2. The maximum absolute atomic E-state index is 13.9. The van der Waals surface area contributed by atoms with Gasteiger partial charge in [0.25, 0.3) is 0 Å². The Hall–Kier alpha value is -0.680. The SMILES string of the molecule is Fc1cc2nc(Br)sc2cc1OC1CCCCC1. The molecular weight excluding hydrogens is 317 g/mol. The second-order valence-electron chi connectivity index (χ2n) is 4.60. The van der Waals surface area contributed by atoms with Crippen molar-refractivity contribution in [2.24, 2.45) is 0 Å². The van der Waals surface area contributed by atoms with Gasteiger partial charge in [0.05, 0.1) is 16.3 Å². The van der Waals surface area contributed by atoms with E-state index in [1.165, 1.54) is 36.7 Å². The van der Waals surface area contributed by atoms with Crippen LogP contribution in [0.1, 0.15) is 32.1 Å². The molecule has 1 aromatic heterocycles. The molecule has 1 aromatic carbocycles. The minimum atomic E-state index is -0.314. The van der Waals surface area contributed by atoms with Gasteiger partial charge in [0.15, 0.2) is 15.5 Å². The molecule has 2 aromatic rings. The first-order valence-corrected chi connectivity index (χ1v) is 7.75. The summed E-state index contributed by atoms with van der Waals surface area (Å²) in [6.07, 6.45) is 5.86. The highest BCUT2D eigenvalue weighted by Gasteiger charge is 2.17. The lowest BCUT2D eigenvalue weighted by Gasteiger charge is -2.23. The molecule has 1 aliphatic rings. The van der Waals surface area contributed by atoms with Crippen molar-refractivity contribution in [2.45, 2.75) is 38.2 Å². The summed E-state index contributed by atoms with van der Waals surface area (Å²) in [6, 6.07) is 3.22. The van der Waals surface area contributed by atoms with Crippen LogP contribution < -0.4 is 4.74 Å². The number of aromatic nitrogens is 1. The molecule has 1 fully saturated rings. The van der Waals surface area contributed by atoms with Crippen LogP contribution in [0.4, 0.5) is 4.39 Å². The van der Waals surface area contributed by atoms with Gasteiger partial charge in [-0.15, -0.1) is 11.3 Å². The van der Waals surface area contributed by atoms with Crippen LogP contribution in [0.25, 0.3) is 10.2 Å². The summed E-state index contributed by atoms with van der Waals surface area (Å²) in [4.78, 5) is 4.20. The van der Waals surface area contributed by atoms with Gasteiger partial charge >= 0.3 is 0 Å². The van der Waals surface area contributed by atoms with Crippen molar-refractivity contribution >= 4 is 37.5 Å². The lowest BCUT2D eigenvalue weighted by molar-refractivity contribution is 0.149. The highest BCUT2D eigenvalue weighted by atomic mass is 79.9. The second-order valence-corrected chi connectivity index (χ2v) is 6.90. The number of nitrogens with zero attached hydrogens (tertiary/aromatic N) is 1. The second kappa shape index (κ2) is 5.13. The Morgan fingerprint density at radius 1 is 1.28 bits per heavy atom. The van der Waals surface area contributed by atoms with E-state index in [1.54, 1.807) is 6.07 Å². The van der Waals surface area contributed by atoms with E-state index < -0.39 is 0 Å². The van der Waals surface area contributed by atoms with E-state index in [1.807, 2.05) is 0 Å². The molecule has 0 saturated heterocycles. The van der Waals surface area contributed by atoms with Crippen LogP contribution in [0.2, 0.25) is 0 Å². The van der Waals surface area contributed by atoms with Gasteiger partial charge in [0.2, 0.25) is 0 Å². The topological polar surface area (TPSA) is 22.1 Å². The number of fused-ring (bicyclic) bond motifs is 1. The summed E-state index contributed by atoms with van der Waals surface area (Å²) in [6.45, 7) is 0. The maximum Gasteiger partial charge on any atom is 0.167 e. The predicted molar refractivity (Wildman–Crippen MR) is 74.8 cm³/mol. The molecule has 0 aliphatic heterocycles. The normalized spacial score (nSPS) is 17.2. The number of hydrogen-bond donors (Lipinski definition) is 0. The summed E-state index contributed by atoms with van der Waals surface area (Å²) >= 11 is 4.81. The Morgan fingerprint density at radius 3 is 2.83 bits per heavy atom. The first-order valence-electron chi connectivity index (χ1n) is 6.14. The minimum Gasteiger partial charge on any atom is -0.487 e. The Balaban J connectivity index is 1.88. The fraction of sp³-hybridized carbons (Fsp3) is 0.462. The third-order valence-electron chi connectivity index (χ3n) is 3.26. The summed E-state index contributed by atoms with van der Waals surface area (Å²) in [5.41, 5.74) is 0.681. The van der Waals surface area contributed by atoms with E-state index in [4.69, 9.17) is 4.74 Å². The van der Waals surface area contributed by atoms with Crippen molar-refractivity contribution in [1.29, 1.82) is 0 Å². The molecule has 1 heterocycles. The van der Waals surface area contributed by atoms with Gasteiger partial charge < -0.3 is 4.74 Å². The average molecular weight is 330 g/mol. The quantitative estimate of drug-likeness (QED) is 0.780. The molecule has 18 heavy (non-hydrogen) atoms. The largest absolute Gasteiger partial charge is 0.487 e. The number of rotatable bonds is 2. The summed E-state index contributed by atoms with van der Waals surface area (Å²) in [5.74, 6) is 0.0522. The van der Waals surface area contributed by atoms with Crippen molar-refractivity contribution < 1.29 is 9.13 Å². The number of hydrogen-bond acceptors (Lipinski definition) is 3. The third kappa shape index (κ3) is 2.52. The molecule has 0 amide bonds. The Morgan fingerprint density at radius 2 is 2.06 bits per heavy atom. The summed E-state index contributed by atoms with van der Waals surface area (Å²) < 4.78 is 21.4. The molecule has 3 rings (SSSR count). The highest BCUT2D eigenvalue weighted by Crippen LogP contribution is 2.33. The van der Waals surface area contributed by atoms with Crippen molar-refractivity contribution in [1.82, 2.24) is 4.98 Å². The minimum absolute atomic E-state index is 0.169. The molecule has 5 heteroatoms. The van der Waals surface area contributed by atoms with Gasteiger partial charge in [0.1, 0.15) is 0 Å². The maximum atomic E-state index is 13.9. The van der Waals surface area contributed by atoms with E-state index in [0.717, 1.165) is 21.5 Å². The van der Waals surface area contributed by atoms with Gasteiger partial charge in [-0.3, -0.25) is 0 Å². The lowest BCUT2D eigenvalue weighted by Crippen LogP contribution is -2.20. The first kappa shape index (κ1) is 12.4. The van der Waals surface area contributed by atoms with Crippen LogP contribution in [0.15, 0.2) is 16.0 Å². The van der Waals surface area contributed by atoms with Crippen molar-refractivity contribution in [2.75, 3.05) is 0 Å². The average Bonchev–Trinajstić information content (AvgIpc) is 2.70. The van der Waals surface area contributed by atoms with Crippen LogP contribution in [0, 0.1) is 5.82 Å². The molecule has 1 saturated carbocycles. The van der Waals surface area contributed by atoms with E-state index in [2.05, 4.69) is 20.9 Å². The predicted octanol–water partition coefficient (Wildman–Crippen LogP) is 4.91. The van der Waals surface area contributed by atoms with Gasteiger partial charge in [0, 0.05) is 12.1 Å². The van der Waals surface area contributed by atoms with Crippen LogP contribution in [-0.2, 0) is 0 Å². The summed E-state index contributed by atoms with van der Waals surface area (Å²) in [5, 5.41) is 0. The molecule has 0 atom stereocenters. The van der Waals surface area contributed by atoms with E-state index in [-0.39, 0.29) is 11.9 Å². The van der Waals surface area contributed by atoms with Crippen molar-refractivity contribution in [3.8, 4) is 5.75 Å². The van der Waals surface area contributed by atoms with E-state index in [9.17, 15) is 4.39 Å². The molecule has 2 nitrogen and oxygen atoms in total. The van der Waals surface area contributed by atoms with Crippen LogP contribution in [0.5, 0.6) is 5.75 Å². The summed E-state index contributed by atoms with van der Waals surface area (Å²) in [7, 11) is 0. The lowest BCUT2D eigenvalue weighted by atomic mass is 9.98. The molecular formula is C13H13BrFNOS. The zero-order valence-electron chi connectivity index (χ0n) is 9.79. The van der Waals surface area contributed by atoms with Crippen LogP contribution in [0.3, 0.4) is 0 Å². The molecule has 0 bridgehead atoms. The molecule has 0 radical (unpaired) electrons. The fourth-order valence-corrected chi connectivity index (χ4v) is 3.77. The zero-order chi connectivity index (χ0) is 12.5. The molecule has 96 valence electrons. The zero-order valence-corrected chi connectivity index (χ0v) is 12.2. The third-order valence-corrected chi connectivity index (χ3v) is 4.73. The van der Waals surface area contributed by atoms with Gasteiger partial charge in [-0.05, 0) is 41.6 Å². The Kier molecular flexibility index (Phi) is 3.52. The Labute approximate surface area is 117 Å². The molecule has 1 aliphatic carbocycles. The number of benzene rings is 1. The standard InChI is InChI=1S/C13H13BrFNOS/c14-13-16-10-6-9(15)11(7-12(10)18-13)17-8-4-2-1-3-5-8/h6-8H,1-5H2. The monoisotopic (exact) mass is 329 g/mol. The number of ether oxygens (including phenoxy) is 1. The molecule has 0 unspecified atom stereocenters.